The molecule has 0 aliphatic heterocycles. The number of anilines is 2. The van der Waals surface area contributed by atoms with Gasteiger partial charge in [-0.2, -0.15) is 0 Å². The van der Waals surface area contributed by atoms with Crippen LogP contribution in [0.2, 0.25) is 0 Å². The van der Waals surface area contributed by atoms with Crippen molar-refractivity contribution in [2.24, 2.45) is 0 Å². The first-order chi connectivity index (χ1) is 25.2. The normalized spacial score (nSPS) is 13.6. The molecule has 0 amide bonds. The molecule has 2 saturated carbocycles. The Morgan fingerprint density at radius 1 is 0.755 bits per heavy atom. The Morgan fingerprint density at radius 2 is 1.17 bits per heavy atom. The second-order valence-electron chi connectivity index (χ2n) is 12.8. The Bertz CT molecular complexity index is 2470. The van der Waals surface area contributed by atoms with E-state index in [4.69, 9.17) is 16.2 Å². The predicted molar refractivity (Wildman–Crippen MR) is 218 cm³/mol. The lowest BCUT2D eigenvalue weighted by molar-refractivity contribution is 0.404. The minimum atomic E-state index is -0.430. The van der Waals surface area contributed by atoms with E-state index in [0.717, 1.165) is 31.2 Å². The van der Waals surface area contributed by atoms with Crippen molar-refractivity contribution in [2.75, 3.05) is 18.6 Å². The molecule has 5 N–H and O–H groups in total. The number of halogens is 5. The summed E-state index contributed by atoms with van der Waals surface area (Å²) >= 11 is 9.31. The lowest BCUT2D eigenvalue weighted by Crippen LogP contribution is -2.21. The number of aromatic hydroxyl groups is 1. The van der Waals surface area contributed by atoms with Crippen LogP contribution in [0.25, 0.3) is 44.1 Å². The van der Waals surface area contributed by atoms with E-state index >= 15 is 0 Å². The number of methoxy groups -OCH3 is 1. The van der Waals surface area contributed by atoms with E-state index in [1.165, 1.54) is 31.5 Å². The Balaban J connectivity index is 0.000000165. The molecule has 10 nitrogen and oxygen atoms in total. The van der Waals surface area contributed by atoms with Gasteiger partial charge in [-0.3, -0.25) is 9.59 Å². The molecule has 0 unspecified atom stereocenters. The molecule has 6 aromatic rings. The summed E-state index contributed by atoms with van der Waals surface area (Å²) in [6.07, 6.45) is 6.72. The average Bonchev–Trinajstić information content (AvgIpc) is 4.03. The quantitative estimate of drug-likeness (QED) is 0.145. The van der Waals surface area contributed by atoms with Crippen molar-refractivity contribution in [3.05, 3.63) is 104 Å². The van der Waals surface area contributed by atoms with Gasteiger partial charge in [0.1, 0.15) is 23.3 Å². The average molecular weight is 915 g/mol. The van der Waals surface area contributed by atoms with Crippen LogP contribution in [0.4, 0.5) is 20.4 Å². The van der Waals surface area contributed by atoms with Gasteiger partial charge in [0.25, 0.3) is 11.1 Å². The van der Waals surface area contributed by atoms with E-state index in [0.29, 0.717) is 61.3 Å². The van der Waals surface area contributed by atoms with E-state index in [-0.39, 0.29) is 38.1 Å². The van der Waals surface area contributed by atoms with Gasteiger partial charge < -0.3 is 30.4 Å². The Morgan fingerprint density at radius 3 is 1.55 bits per heavy atom. The second-order valence-corrected chi connectivity index (χ2v) is 19.3. The summed E-state index contributed by atoms with van der Waals surface area (Å²) in [5, 5.41) is 11.1. The monoisotopic (exact) mass is 912 g/mol. The summed E-state index contributed by atoms with van der Waals surface area (Å²) in [6.45, 7) is 3.62. The zero-order valence-electron chi connectivity index (χ0n) is 28.8. The first-order valence-corrected chi connectivity index (χ1v) is 19.3. The van der Waals surface area contributed by atoms with Crippen molar-refractivity contribution in [1.82, 2.24) is 19.1 Å². The van der Waals surface area contributed by atoms with Gasteiger partial charge in [-0.05, 0) is 99.2 Å². The first kappa shape index (κ1) is 38.4. The Kier molecular flexibility index (Phi) is 11.3. The Labute approximate surface area is 328 Å². The van der Waals surface area contributed by atoms with Gasteiger partial charge in [0, 0.05) is 57.5 Å². The fraction of sp³-hybridized carbons (Fsp3) is 0.243. The van der Waals surface area contributed by atoms with Gasteiger partial charge in [0.2, 0.25) is 0 Å². The number of hydrogen-bond donors (Lipinski definition) is 3. The lowest BCUT2D eigenvalue weighted by atomic mass is 9.97. The molecule has 0 bridgehead atoms. The fourth-order valence-corrected chi connectivity index (χ4v) is 6.62. The second kappa shape index (κ2) is 15.6. The molecule has 0 spiro atoms. The number of nitrogens with zero attached hydrogens (tertiary/aromatic N) is 4. The van der Waals surface area contributed by atoms with Gasteiger partial charge in [0.05, 0.1) is 18.1 Å². The Hall–Kier alpha value is -4.28. The molecule has 0 saturated heterocycles. The number of rotatable bonds is 5. The van der Waals surface area contributed by atoms with E-state index in [1.54, 1.807) is 52.6 Å². The van der Waals surface area contributed by atoms with Crippen molar-refractivity contribution in [1.29, 1.82) is 0 Å². The molecule has 8 rings (SSSR count). The van der Waals surface area contributed by atoms with Gasteiger partial charge in [-0.25, -0.2) is 18.7 Å². The van der Waals surface area contributed by atoms with E-state index in [9.17, 15) is 23.5 Å². The molecule has 2 aromatic carbocycles. The number of benzene rings is 2. The molecule has 2 aliphatic carbocycles. The highest BCUT2D eigenvalue weighted by atomic mass is 79.9. The van der Waals surface area contributed by atoms with Crippen molar-refractivity contribution in [3.8, 4) is 33.8 Å². The number of nitrogens with two attached hydrogens (primary N) is 2. The maximum atomic E-state index is 14.9. The number of ether oxygens (including phenoxy) is 1. The van der Waals surface area contributed by atoms with Crippen molar-refractivity contribution >= 4 is 83.9 Å². The number of pyridine rings is 4. The maximum Gasteiger partial charge on any atom is 0.369 e. The minimum absolute atomic E-state index is 0.0636. The molecule has 0 radical (unpaired) electrons. The van der Waals surface area contributed by atoms with E-state index in [1.807, 2.05) is 6.92 Å². The topological polar surface area (TPSA) is 151 Å². The van der Waals surface area contributed by atoms with Crippen LogP contribution in [0.3, 0.4) is 0 Å². The van der Waals surface area contributed by atoms with Crippen LogP contribution >= 0.6 is 47.3 Å². The largest absolute Gasteiger partial charge is 0.503 e. The van der Waals surface area contributed by atoms with Crippen LogP contribution in [0.5, 0.6) is 11.5 Å². The first-order valence-electron chi connectivity index (χ1n) is 16.6. The number of aromatic nitrogens is 4. The number of fused-ring (bicyclic) bond motifs is 2. The third-order valence-corrected chi connectivity index (χ3v) is 9.17. The highest BCUT2D eigenvalue weighted by Gasteiger charge is 2.30. The summed E-state index contributed by atoms with van der Waals surface area (Å²) in [7, 11) is 1.46. The van der Waals surface area contributed by atoms with Gasteiger partial charge in [-0.1, -0.05) is 0 Å². The van der Waals surface area contributed by atoms with Crippen LogP contribution in [-0.2, 0) is 0 Å². The summed E-state index contributed by atoms with van der Waals surface area (Å²) in [4.78, 5) is 33.2. The van der Waals surface area contributed by atoms with Gasteiger partial charge >= 0.3 is 3.18 Å². The van der Waals surface area contributed by atoms with Crippen LogP contribution in [-0.4, -0.2) is 34.5 Å². The molecule has 2 fully saturated rings. The van der Waals surface area contributed by atoms with Crippen LogP contribution in [0.15, 0.2) is 70.5 Å². The van der Waals surface area contributed by atoms with Gasteiger partial charge in [0.15, 0.2) is 11.5 Å². The smallest absolute Gasteiger partial charge is 0.369 e. The highest BCUT2D eigenvalue weighted by Crippen LogP contribution is 2.41. The zero-order chi connectivity index (χ0) is 38.3. The maximum absolute atomic E-state index is 14.9. The van der Waals surface area contributed by atoms with Crippen LogP contribution in [0.1, 0.15) is 48.9 Å². The summed E-state index contributed by atoms with van der Waals surface area (Å²) in [6, 6.07) is 12.7. The fourth-order valence-electron chi connectivity index (χ4n) is 6.62. The molecule has 274 valence electrons. The minimum Gasteiger partial charge on any atom is -0.503 e. The summed E-state index contributed by atoms with van der Waals surface area (Å²) in [5.41, 5.74) is 15.5. The number of nitrogen functional groups attached to an aromatic ring is 2. The highest BCUT2D eigenvalue weighted by molar-refractivity contribution is 9.69. The number of hydrogen-bond acceptors (Lipinski definition) is 8. The molecule has 16 heteroatoms. The third kappa shape index (κ3) is 7.99. The van der Waals surface area contributed by atoms with Crippen molar-refractivity contribution in [3.63, 3.8) is 0 Å². The zero-order valence-corrected chi connectivity index (χ0v) is 33.6. The third-order valence-electron chi connectivity index (χ3n) is 9.17. The molecule has 0 atom stereocenters. The van der Waals surface area contributed by atoms with Crippen molar-refractivity contribution in [2.45, 2.75) is 51.6 Å². The van der Waals surface area contributed by atoms with Gasteiger partial charge in [-0.15, -0.1) is 47.3 Å². The molecule has 53 heavy (non-hydrogen) atoms. The van der Waals surface area contributed by atoms with Crippen LogP contribution < -0.4 is 27.3 Å². The summed E-state index contributed by atoms with van der Waals surface area (Å²) in [5.74, 6) is -0.165. The number of aryl methyl sites for hydroxylation is 2. The van der Waals surface area contributed by atoms with E-state index < -0.39 is 11.4 Å². The predicted octanol–water partition coefficient (Wildman–Crippen LogP) is 8.73. The standard InChI is InChI=1S/C19H18FN3O2.C18H16FN3O2.BBr3/c1-10-17(11-3-6-16(21)22-9-11)14(20)7-12-8-15(25-2)19(24)23(18(10)12)13-4-5-13;1-9-16(10-2-5-15(20)21-8-10)13(19)6-11-7-14(23)18(24)22(17(9)11)12-3-4-12;2-1(3)4/h3,6-9,13H,4-5H2,1-2H3,(H2,21,22);2,5-8,12,23H,3-4H2,1H3,(H2,20,21);. The SMILES string of the molecule is BrB(Br)Br.COc1cc2cc(F)c(-c3ccc(N)nc3)c(C)c2n(C2CC2)c1=O.Cc1c(-c2ccc(N)nc2)c(F)cc2cc(O)c(=O)n(C3CC3)c12. The molecule has 4 aromatic heterocycles. The van der Waals surface area contributed by atoms with E-state index in [2.05, 4.69) is 57.2 Å². The van der Waals surface area contributed by atoms with Crippen molar-refractivity contribution < 1.29 is 18.6 Å². The lowest BCUT2D eigenvalue weighted by Gasteiger charge is -2.17. The molecule has 2 aliphatic rings. The summed E-state index contributed by atoms with van der Waals surface area (Å²) < 4.78 is 38.4. The molecule has 4 heterocycles. The van der Waals surface area contributed by atoms with Crippen LogP contribution in [0, 0.1) is 25.5 Å². The molecular formula is C37H34BBr3F2N6O4. The molecular weight excluding hydrogens is 881 g/mol.